The van der Waals surface area contributed by atoms with E-state index in [0.717, 1.165) is 4.88 Å². The van der Waals surface area contributed by atoms with Crippen LogP contribution in [0.1, 0.15) is 31.6 Å². The number of amides is 1. The van der Waals surface area contributed by atoms with Gasteiger partial charge in [0.1, 0.15) is 6.04 Å². The van der Waals surface area contributed by atoms with Crippen molar-refractivity contribution >= 4 is 23.2 Å². The van der Waals surface area contributed by atoms with Gasteiger partial charge in [0.15, 0.2) is 0 Å². The number of carbonyl (C=O) groups excluding carboxylic acids is 1. The van der Waals surface area contributed by atoms with Crippen LogP contribution in [0.5, 0.6) is 0 Å². The lowest BCUT2D eigenvalue weighted by molar-refractivity contribution is -0.143. The van der Waals surface area contributed by atoms with Crippen molar-refractivity contribution in [3.05, 3.63) is 22.4 Å². The minimum atomic E-state index is -0.994. The van der Waals surface area contributed by atoms with Gasteiger partial charge in [-0.15, -0.1) is 11.3 Å². The van der Waals surface area contributed by atoms with Gasteiger partial charge in [-0.1, -0.05) is 19.9 Å². The third-order valence-corrected chi connectivity index (χ3v) is 3.65. The van der Waals surface area contributed by atoms with Crippen LogP contribution in [-0.4, -0.2) is 23.0 Å². The van der Waals surface area contributed by atoms with E-state index in [4.69, 9.17) is 5.11 Å². The predicted molar refractivity (Wildman–Crippen MR) is 67.1 cm³/mol. The zero-order valence-corrected chi connectivity index (χ0v) is 11.0. The van der Waals surface area contributed by atoms with Gasteiger partial charge in [0.25, 0.3) is 0 Å². The fourth-order valence-electron chi connectivity index (χ4n) is 1.46. The summed E-state index contributed by atoms with van der Waals surface area (Å²) in [5.74, 6) is -1.68. The molecular formula is C12H17NO3S. The highest BCUT2D eigenvalue weighted by molar-refractivity contribution is 7.10. The summed E-state index contributed by atoms with van der Waals surface area (Å²) < 4.78 is 0. The molecule has 1 unspecified atom stereocenters. The number of carboxylic acid groups (broad SMARTS) is 1. The van der Waals surface area contributed by atoms with Gasteiger partial charge in [0, 0.05) is 4.88 Å². The zero-order valence-electron chi connectivity index (χ0n) is 10.1. The summed E-state index contributed by atoms with van der Waals surface area (Å²) in [7, 11) is 0. The third-order valence-electron chi connectivity index (χ3n) is 2.59. The summed E-state index contributed by atoms with van der Waals surface area (Å²) in [5, 5.41) is 13.5. The van der Waals surface area contributed by atoms with Crippen LogP contribution in [0.4, 0.5) is 0 Å². The minimum Gasteiger partial charge on any atom is -0.480 e. The number of carboxylic acids is 1. The van der Waals surface area contributed by atoms with Crippen molar-refractivity contribution in [2.24, 2.45) is 5.92 Å². The molecule has 1 aromatic rings. The summed E-state index contributed by atoms with van der Waals surface area (Å²) in [4.78, 5) is 23.8. The highest BCUT2D eigenvalue weighted by atomic mass is 32.1. The molecule has 1 amide bonds. The number of hydrogen-bond donors (Lipinski definition) is 2. The van der Waals surface area contributed by atoms with Gasteiger partial charge in [0.05, 0.1) is 5.92 Å². The van der Waals surface area contributed by atoms with Crippen molar-refractivity contribution in [3.63, 3.8) is 0 Å². The molecule has 2 N–H and O–H groups in total. The Morgan fingerprint density at radius 3 is 2.41 bits per heavy atom. The average molecular weight is 255 g/mol. The molecule has 0 fully saturated rings. The van der Waals surface area contributed by atoms with E-state index < -0.39 is 12.0 Å². The maximum Gasteiger partial charge on any atom is 0.326 e. The molecule has 4 nitrogen and oxygen atoms in total. The summed E-state index contributed by atoms with van der Waals surface area (Å²) in [6.45, 7) is 5.32. The average Bonchev–Trinajstić information content (AvgIpc) is 2.76. The Kier molecular flexibility index (Phi) is 4.69. The van der Waals surface area contributed by atoms with Crippen molar-refractivity contribution < 1.29 is 14.7 Å². The number of hydrogen-bond acceptors (Lipinski definition) is 3. The number of carbonyl (C=O) groups is 2. The molecule has 0 radical (unpaired) electrons. The highest BCUT2D eigenvalue weighted by Crippen LogP contribution is 2.21. The Hall–Kier alpha value is -1.36. The standard InChI is InChI=1S/C12H17NO3S/c1-7(2)10(12(15)16)13-11(14)8(3)9-5-4-6-17-9/h4-8,10H,1-3H3,(H,13,14)(H,15,16)/t8?,10-/m1/s1. The van der Waals surface area contributed by atoms with Crippen LogP contribution in [0.3, 0.4) is 0 Å². The molecule has 0 aliphatic carbocycles. The van der Waals surface area contributed by atoms with E-state index in [2.05, 4.69) is 5.32 Å². The van der Waals surface area contributed by atoms with E-state index in [1.807, 2.05) is 17.5 Å². The Morgan fingerprint density at radius 1 is 1.35 bits per heavy atom. The molecule has 17 heavy (non-hydrogen) atoms. The first-order chi connectivity index (χ1) is 7.93. The lowest BCUT2D eigenvalue weighted by Gasteiger charge is -2.20. The highest BCUT2D eigenvalue weighted by Gasteiger charge is 2.26. The Labute approximate surface area is 105 Å². The van der Waals surface area contributed by atoms with Crippen molar-refractivity contribution in [2.45, 2.75) is 32.7 Å². The molecule has 0 saturated carbocycles. The summed E-state index contributed by atoms with van der Waals surface area (Å²) in [5.41, 5.74) is 0. The largest absolute Gasteiger partial charge is 0.480 e. The van der Waals surface area contributed by atoms with Gasteiger partial charge in [-0.3, -0.25) is 4.79 Å². The molecule has 0 bridgehead atoms. The van der Waals surface area contributed by atoms with Crippen LogP contribution < -0.4 is 5.32 Å². The first-order valence-corrected chi connectivity index (χ1v) is 6.38. The normalized spacial score (nSPS) is 14.4. The smallest absolute Gasteiger partial charge is 0.326 e. The van der Waals surface area contributed by atoms with Crippen LogP contribution in [0.2, 0.25) is 0 Å². The van der Waals surface area contributed by atoms with E-state index in [1.165, 1.54) is 11.3 Å². The maximum absolute atomic E-state index is 11.9. The Balaban J connectivity index is 2.68. The fourth-order valence-corrected chi connectivity index (χ4v) is 2.24. The fraction of sp³-hybridized carbons (Fsp3) is 0.500. The molecule has 0 aliphatic rings. The second-order valence-corrected chi connectivity index (χ2v) is 5.28. The third kappa shape index (κ3) is 3.56. The van der Waals surface area contributed by atoms with Crippen molar-refractivity contribution in [3.8, 4) is 0 Å². The second-order valence-electron chi connectivity index (χ2n) is 4.31. The summed E-state index contributed by atoms with van der Waals surface area (Å²) >= 11 is 1.49. The maximum atomic E-state index is 11.9. The molecule has 0 spiro atoms. The van der Waals surface area contributed by atoms with E-state index in [9.17, 15) is 9.59 Å². The summed E-state index contributed by atoms with van der Waals surface area (Å²) in [6.07, 6.45) is 0. The molecule has 1 heterocycles. The number of aliphatic carboxylic acids is 1. The van der Waals surface area contributed by atoms with Crippen LogP contribution in [0, 0.1) is 5.92 Å². The quantitative estimate of drug-likeness (QED) is 0.846. The van der Waals surface area contributed by atoms with Gasteiger partial charge in [0.2, 0.25) is 5.91 Å². The molecule has 0 aromatic carbocycles. The molecule has 2 atom stereocenters. The van der Waals surface area contributed by atoms with Gasteiger partial charge in [-0.2, -0.15) is 0 Å². The van der Waals surface area contributed by atoms with E-state index >= 15 is 0 Å². The van der Waals surface area contributed by atoms with Crippen LogP contribution in [0.15, 0.2) is 17.5 Å². The van der Waals surface area contributed by atoms with Crippen molar-refractivity contribution in [1.82, 2.24) is 5.32 Å². The summed E-state index contributed by atoms with van der Waals surface area (Å²) in [6, 6.07) is 2.92. The predicted octanol–water partition coefficient (Wildman–Crippen LogP) is 2.08. The van der Waals surface area contributed by atoms with Crippen molar-refractivity contribution in [2.75, 3.05) is 0 Å². The minimum absolute atomic E-state index is 0.132. The van der Waals surface area contributed by atoms with Crippen molar-refractivity contribution in [1.29, 1.82) is 0 Å². The second kappa shape index (κ2) is 5.82. The van der Waals surface area contributed by atoms with Gasteiger partial charge in [-0.25, -0.2) is 4.79 Å². The van der Waals surface area contributed by atoms with Crippen LogP contribution >= 0.6 is 11.3 Å². The van der Waals surface area contributed by atoms with E-state index in [0.29, 0.717) is 0 Å². The molecule has 1 rings (SSSR count). The number of thiophene rings is 1. The lowest BCUT2D eigenvalue weighted by Crippen LogP contribution is -2.45. The van der Waals surface area contributed by atoms with Gasteiger partial charge >= 0.3 is 5.97 Å². The molecule has 1 aromatic heterocycles. The lowest BCUT2D eigenvalue weighted by atomic mass is 10.0. The topological polar surface area (TPSA) is 66.4 Å². The van der Waals surface area contributed by atoms with Crippen LogP contribution in [0.25, 0.3) is 0 Å². The number of nitrogens with one attached hydrogen (secondary N) is 1. The first-order valence-electron chi connectivity index (χ1n) is 5.50. The zero-order chi connectivity index (χ0) is 13.0. The Morgan fingerprint density at radius 2 is 2.00 bits per heavy atom. The first kappa shape index (κ1) is 13.7. The molecule has 5 heteroatoms. The van der Waals surface area contributed by atoms with Gasteiger partial charge in [-0.05, 0) is 24.3 Å². The van der Waals surface area contributed by atoms with Crippen LogP contribution in [-0.2, 0) is 9.59 Å². The van der Waals surface area contributed by atoms with E-state index in [1.54, 1.807) is 20.8 Å². The molecular weight excluding hydrogens is 238 g/mol. The molecule has 0 saturated heterocycles. The SMILES string of the molecule is CC(C(=O)N[C@@H](C(=O)O)C(C)C)c1cccs1. The monoisotopic (exact) mass is 255 g/mol. The Bertz CT molecular complexity index is 386. The van der Waals surface area contributed by atoms with E-state index in [-0.39, 0.29) is 17.7 Å². The molecule has 94 valence electrons. The molecule has 0 aliphatic heterocycles. The van der Waals surface area contributed by atoms with Gasteiger partial charge < -0.3 is 10.4 Å². The number of rotatable bonds is 5.